The van der Waals surface area contributed by atoms with E-state index in [1.807, 2.05) is 24.3 Å². The Morgan fingerprint density at radius 1 is 1.03 bits per heavy atom. The van der Waals surface area contributed by atoms with Gasteiger partial charge in [-0.05, 0) is 46.4 Å². The third kappa shape index (κ3) is 5.65. The average Bonchev–Trinajstić information content (AvgIpc) is 2.89. The normalized spacial score (nSPS) is 19.7. The summed E-state index contributed by atoms with van der Waals surface area (Å²) in [4.78, 5) is 3.18. The largest absolute Gasteiger partial charge is 0.496 e. The van der Waals surface area contributed by atoms with Gasteiger partial charge in [0.15, 0.2) is 0 Å². The zero-order chi connectivity index (χ0) is 25.9. The Bertz CT molecular complexity index is 1220. The van der Waals surface area contributed by atoms with E-state index in [9.17, 15) is 18.8 Å². The van der Waals surface area contributed by atoms with E-state index in [2.05, 4.69) is 17.0 Å². The van der Waals surface area contributed by atoms with Gasteiger partial charge in [0, 0.05) is 54.1 Å². The molecule has 0 amide bonds. The van der Waals surface area contributed by atoms with E-state index in [-0.39, 0.29) is 30.2 Å². The highest BCUT2D eigenvalue weighted by atomic mass is 32.2. The Kier molecular flexibility index (Phi) is 8.05. The molecule has 1 saturated heterocycles. The van der Waals surface area contributed by atoms with Crippen LogP contribution in [0.1, 0.15) is 28.5 Å². The Hall–Kier alpha value is -2.59. The molecule has 1 fully saturated rings. The number of likely N-dealkylation sites (tertiary alicyclic amines) is 1. The molecule has 2 aliphatic heterocycles. The first kappa shape index (κ1) is 26.0. The van der Waals surface area contributed by atoms with E-state index in [1.54, 1.807) is 31.0 Å². The summed E-state index contributed by atoms with van der Waals surface area (Å²) in [5.74, 6) is 1.79. The van der Waals surface area contributed by atoms with Crippen LogP contribution in [0.5, 0.6) is 11.5 Å². The van der Waals surface area contributed by atoms with Gasteiger partial charge in [0.2, 0.25) is 0 Å². The topological polar surface area (TPSA) is 62.2 Å². The number of alkyl halides is 1. The number of rotatable bonds is 9. The quantitative estimate of drug-likeness (QED) is 0.415. The van der Waals surface area contributed by atoms with Crippen LogP contribution in [0.25, 0.3) is 0 Å². The van der Waals surface area contributed by atoms with Gasteiger partial charge in [-0.25, -0.2) is 4.39 Å². The number of ether oxygens (including phenoxy) is 2. The van der Waals surface area contributed by atoms with Crippen molar-refractivity contribution >= 4 is 24.3 Å². The summed E-state index contributed by atoms with van der Waals surface area (Å²) in [6, 6.07) is 18.2. The van der Waals surface area contributed by atoms with Crippen molar-refractivity contribution in [1.82, 2.24) is 4.90 Å². The molecule has 5 nitrogen and oxygen atoms in total. The van der Waals surface area contributed by atoms with E-state index in [1.165, 1.54) is 12.1 Å². The van der Waals surface area contributed by atoms with Crippen LogP contribution < -0.4 is 14.9 Å². The van der Waals surface area contributed by atoms with Crippen molar-refractivity contribution < 1.29 is 28.3 Å². The molecule has 0 bridgehead atoms. The van der Waals surface area contributed by atoms with Gasteiger partial charge in [0.05, 0.1) is 13.8 Å². The fraction of sp³-hybridized carbons (Fsp3) is 0.357. The molecule has 194 valence electrons. The van der Waals surface area contributed by atoms with Crippen LogP contribution in [0, 0.1) is 11.7 Å². The first-order valence-corrected chi connectivity index (χ1v) is 13.4. The second kappa shape index (κ2) is 11.4. The number of hydrogen-bond donors (Lipinski definition) is 2. The maximum atomic E-state index is 14.0. The van der Waals surface area contributed by atoms with Gasteiger partial charge in [0.1, 0.15) is 23.9 Å². The third-order valence-corrected chi connectivity index (χ3v) is 8.44. The summed E-state index contributed by atoms with van der Waals surface area (Å²) < 4.78 is 38.1. The average molecular weight is 525 g/mol. The summed E-state index contributed by atoms with van der Waals surface area (Å²) in [6.07, 6.45) is 0. The van der Waals surface area contributed by atoms with Crippen LogP contribution in [-0.4, -0.2) is 67.8 Å². The predicted molar refractivity (Wildman–Crippen MR) is 142 cm³/mol. The predicted octanol–water partition coefficient (Wildman–Crippen LogP) is 3.82. The summed E-state index contributed by atoms with van der Waals surface area (Å²) in [5, 5.41) is 19.3. The molecule has 0 spiro atoms. The smallest absolute Gasteiger partial charge is 0.488 e. The molecular formula is C28H30BF2NO4S. The standard InChI is InChI=1S/C28H30BF2NO4S/c1-35-26-13-21(31)5-9-23(26)25-17-37-27-12-20(29(33)34)4-8-24(27)28(25)19-2-6-22(7-3-19)36-11-10-32-15-18(14-30)16-32/h2-9,12-13,18,25,28,33-34H,10-11,14-17H2,1H3. The summed E-state index contributed by atoms with van der Waals surface area (Å²) in [6.45, 7) is 2.65. The number of fused-ring (bicyclic) bond motifs is 1. The van der Waals surface area contributed by atoms with E-state index >= 15 is 0 Å². The van der Waals surface area contributed by atoms with Crippen LogP contribution in [0.3, 0.4) is 0 Å². The zero-order valence-corrected chi connectivity index (χ0v) is 21.5. The van der Waals surface area contributed by atoms with Crippen molar-refractivity contribution in [3.05, 3.63) is 83.2 Å². The lowest BCUT2D eigenvalue weighted by molar-refractivity contribution is 0.0668. The van der Waals surface area contributed by atoms with Crippen LogP contribution in [0.15, 0.2) is 65.6 Å². The lowest BCUT2D eigenvalue weighted by atomic mass is 9.74. The minimum Gasteiger partial charge on any atom is -0.496 e. The number of benzene rings is 3. The van der Waals surface area contributed by atoms with Gasteiger partial charge < -0.3 is 19.5 Å². The second-order valence-corrected chi connectivity index (χ2v) is 10.7. The fourth-order valence-electron chi connectivity index (χ4n) is 5.28. The molecule has 0 saturated carbocycles. The Labute approximate surface area is 220 Å². The Balaban J connectivity index is 1.41. The van der Waals surface area contributed by atoms with E-state index in [4.69, 9.17) is 9.47 Å². The number of thioether (sulfide) groups is 1. The molecular weight excluding hydrogens is 495 g/mol. The second-order valence-electron chi connectivity index (χ2n) is 9.65. The van der Waals surface area contributed by atoms with Crippen molar-refractivity contribution in [2.24, 2.45) is 5.92 Å². The Morgan fingerprint density at radius 3 is 2.49 bits per heavy atom. The summed E-state index contributed by atoms with van der Waals surface area (Å²) in [7, 11) is 0.0192. The molecule has 0 radical (unpaired) electrons. The first-order valence-electron chi connectivity index (χ1n) is 12.4. The van der Waals surface area contributed by atoms with E-state index < -0.39 is 7.12 Å². The summed E-state index contributed by atoms with van der Waals surface area (Å²) >= 11 is 1.65. The number of halogens is 2. The van der Waals surface area contributed by atoms with Gasteiger partial charge in [-0.2, -0.15) is 0 Å². The molecule has 0 aromatic heterocycles. The zero-order valence-electron chi connectivity index (χ0n) is 20.6. The molecule has 2 N–H and O–H groups in total. The van der Waals surface area contributed by atoms with Crippen LogP contribution in [0.2, 0.25) is 0 Å². The van der Waals surface area contributed by atoms with Crippen molar-refractivity contribution in [3.63, 3.8) is 0 Å². The molecule has 0 aliphatic carbocycles. The lowest BCUT2D eigenvalue weighted by Gasteiger charge is -2.37. The monoisotopic (exact) mass is 525 g/mol. The first-order chi connectivity index (χ1) is 18.0. The van der Waals surface area contributed by atoms with E-state index in [0.717, 1.165) is 52.7 Å². The molecule has 2 atom stereocenters. The number of hydrogen-bond acceptors (Lipinski definition) is 6. The molecule has 3 aromatic carbocycles. The van der Waals surface area contributed by atoms with Crippen LogP contribution in [0.4, 0.5) is 8.78 Å². The van der Waals surface area contributed by atoms with Gasteiger partial charge >= 0.3 is 7.12 Å². The highest BCUT2D eigenvalue weighted by Gasteiger charge is 2.35. The van der Waals surface area contributed by atoms with Crippen LogP contribution >= 0.6 is 11.8 Å². The van der Waals surface area contributed by atoms with Crippen molar-refractivity contribution in [2.75, 3.05) is 45.8 Å². The molecule has 9 heteroatoms. The van der Waals surface area contributed by atoms with Crippen molar-refractivity contribution in [1.29, 1.82) is 0 Å². The van der Waals surface area contributed by atoms with Crippen molar-refractivity contribution in [3.8, 4) is 11.5 Å². The molecule has 2 aliphatic rings. The minimum atomic E-state index is -1.53. The number of methoxy groups -OCH3 is 1. The molecule has 3 aromatic rings. The Morgan fingerprint density at radius 2 is 1.78 bits per heavy atom. The van der Waals surface area contributed by atoms with Crippen LogP contribution in [-0.2, 0) is 0 Å². The van der Waals surface area contributed by atoms with Crippen molar-refractivity contribution in [2.45, 2.75) is 16.7 Å². The van der Waals surface area contributed by atoms with Gasteiger partial charge in [-0.1, -0.05) is 30.3 Å². The highest BCUT2D eigenvalue weighted by molar-refractivity contribution is 7.99. The van der Waals surface area contributed by atoms with Gasteiger partial charge in [-0.15, -0.1) is 11.8 Å². The maximum Gasteiger partial charge on any atom is 0.488 e. The molecule has 2 heterocycles. The maximum absolute atomic E-state index is 14.0. The fourth-order valence-corrected chi connectivity index (χ4v) is 6.59. The number of nitrogens with zero attached hydrogens (tertiary/aromatic N) is 1. The minimum absolute atomic E-state index is 0.0135. The van der Waals surface area contributed by atoms with Gasteiger partial charge in [0.25, 0.3) is 0 Å². The molecule has 37 heavy (non-hydrogen) atoms. The highest BCUT2D eigenvalue weighted by Crippen LogP contribution is 2.50. The van der Waals surface area contributed by atoms with Gasteiger partial charge in [-0.3, -0.25) is 9.29 Å². The SMILES string of the molecule is COc1cc(F)ccc1C1CSc2cc(B(O)O)ccc2C1c1ccc(OCCN2CC(CF)C2)cc1. The third-order valence-electron chi connectivity index (χ3n) is 7.25. The molecule has 2 unspecified atom stereocenters. The van der Waals surface area contributed by atoms with E-state index in [0.29, 0.717) is 17.8 Å². The summed E-state index contributed by atoms with van der Waals surface area (Å²) in [5.41, 5.74) is 3.54. The lowest BCUT2D eigenvalue weighted by Crippen LogP contribution is -2.49. The molecule has 5 rings (SSSR count).